The summed E-state index contributed by atoms with van der Waals surface area (Å²) in [5.74, 6) is -1.79. The lowest BCUT2D eigenvalue weighted by atomic mass is 9.97. The second kappa shape index (κ2) is 8.81. The number of esters is 2. The van der Waals surface area contributed by atoms with Crippen LogP contribution in [-0.4, -0.2) is 58.0 Å². The highest BCUT2D eigenvalue weighted by Crippen LogP contribution is 2.22. The summed E-state index contributed by atoms with van der Waals surface area (Å²) in [5, 5.41) is 5.05. The number of amides is 1. The molecule has 0 bridgehead atoms. The largest absolute Gasteiger partial charge is 0.469 e. The van der Waals surface area contributed by atoms with Gasteiger partial charge < -0.3 is 14.4 Å². The Kier molecular flexibility index (Phi) is 6.95. The van der Waals surface area contributed by atoms with Crippen LogP contribution in [0.2, 0.25) is 0 Å². The van der Waals surface area contributed by atoms with Crippen molar-refractivity contribution in [2.24, 2.45) is 11.1 Å². The van der Waals surface area contributed by atoms with Crippen LogP contribution in [0.1, 0.15) is 23.2 Å². The maximum atomic E-state index is 12.2. The molecule has 1 aromatic rings. The highest BCUT2D eigenvalue weighted by Gasteiger charge is 2.28. The van der Waals surface area contributed by atoms with Crippen LogP contribution in [-0.2, 0) is 29.1 Å². The van der Waals surface area contributed by atoms with Gasteiger partial charge in [0, 0.05) is 17.6 Å². The van der Waals surface area contributed by atoms with E-state index < -0.39 is 28.5 Å². The van der Waals surface area contributed by atoms with Crippen LogP contribution in [0.15, 0.2) is 27.6 Å². The molecule has 1 amide bonds. The number of hydrogen-bond acceptors (Lipinski definition) is 7. The second-order valence-electron chi connectivity index (χ2n) is 5.94. The molecular weight excluding hydrogens is 444 g/mol. The first-order chi connectivity index (χ1) is 12.6. The van der Waals surface area contributed by atoms with Crippen molar-refractivity contribution in [2.45, 2.75) is 17.7 Å². The van der Waals surface area contributed by atoms with Crippen LogP contribution in [0.25, 0.3) is 0 Å². The molecule has 0 saturated carbocycles. The van der Waals surface area contributed by atoms with Gasteiger partial charge in [0.25, 0.3) is 5.91 Å². The van der Waals surface area contributed by atoms with Crippen LogP contribution in [0.4, 0.5) is 0 Å². The van der Waals surface area contributed by atoms with Gasteiger partial charge in [-0.2, -0.15) is 0 Å². The normalized spacial score (nSPS) is 15.3. The Morgan fingerprint density at radius 1 is 1.26 bits per heavy atom. The molecule has 2 N–H and O–H groups in total. The zero-order valence-corrected chi connectivity index (χ0v) is 16.9. The molecule has 0 aromatic heterocycles. The quantitative estimate of drug-likeness (QED) is 0.635. The molecule has 0 radical (unpaired) electrons. The summed E-state index contributed by atoms with van der Waals surface area (Å²) in [6.45, 7) is 0.231. The van der Waals surface area contributed by atoms with Gasteiger partial charge in [-0.1, -0.05) is 0 Å². The molecule has 1 heterocycles. The molecule has 2 rings (SSSR count). The number of nitrogens with two attached hydrogens (primary N) is 1. The van der Waals surface area contributed by atoms with E-state index in [1.54, 1.807) is 0 Å². The molecule has 0 unspecified atom stereocenters. The van der Waals surface area contributed by atoms with Crippen LogP contribution in [0, 0.1) is 5.92 Å². The van der Waals surface area contributed by atoms with Crippen LogP contribution in [0.5, 0.6) is 0 Å². The van der Waals surface area contributed by atoms with Crippen LogP contribution in [0.3, 0.4) is 0 Å². The number of primary sulfonamides is 1. The van der Waals surface area contributed by atoms with Gasteiger partial charge in [0.1, 0.15) is 0 Å². The first-order valence-electron chi connectivity index (χ1n) is 7.98. The van der Waals surface area contributed by atoms with Crippen molar-refractivity contribution >= 4 is 43.8 Å². The number of hydrogen-bond donors (Lipinski definition) is 1. The minimum Gasteiger partial charge on any atom is -0.469 e. The number of piperidine rings is 1. The number of benzene rings is 1. The number of carbonyl (C=O) groups excluding carboxylic acids is 3. The van der Waals surface area contributed by atoms with E-state index in [2.05, 4.69) is 15.9 Å². The number of halogens is 1. The average Bonchev–Trinajstić information content (AvgIpc) is 2.64. The Morgan fingerprint density at radius 3 is 2.44 bits per heavy atom. The van der Waals surface area contributed by atoms with Crippen LogP contribution >= 0.6 is 15.9 Å². The van der Waals surface area contributed by atoms with Gasteiger partial charge in [-0.05, 0) is 47.0 Å². The maximum absolute atomic E-state index is 12.2. The van der Waals surface area contributed by atoms with E-state index in [9.17, 15) is 22.8 Å². The van der Waals surface area contributed by atoms with Gasteiger partial charge in [-0.3, -0.25) is 9.59 Å². The fraction of sp³-hybridized carbons (Fsp3) is 0.438. The summed E-state index contributed by atoms with van der Waals surface area (Å²) < 4.78 is 32.8. The van der Waals surface area contributed by atoms with Crippen molar-refractivity contribution in [3.8, 4) is 0 Å². The van der Waals surface area contributed by atoms with Gasteiger partial charge in [0.2, 0.25) is 10.0 Å². The monoisotopic (exact) mass is 462 g/mol. The van der Waals surface area contributed by atoms with E-state index >= 15 is 0 Å². The molecule has 0 aliphatic carbocycles. The lowest BCUT2D eigenvalue weighted by Gasteiger charge is -2.30. The van der Waals surface area contributed by atoms with Crippen molar-refractivity contribution in [1.29, 1.82) is 0 Å². The summed E-state index contributed by atoms with van der Waals surface area (Å²) in [4.78, 5) is 37.1. The second-order valence-corrected chi connectivity index (χ2v) is 8.36. The van der Waals surface area contributed by atoms with Crippen molar-refractivity contribution in [2.75, 3.05) is 26.8 Å². The molecule has 0 atom stereocenters. The van der Waals surface area contributed by atoms with E-state index in [1.807, 2.05) is 0 Å². The minimum atomic E-state index is -3.98. The molecule has 9 nitrogen and oxygen atoms in total. The molecule has 1 saturated heterocycles. The third kappa shape index (κ3) is 5.50. The van der Waals surface area contributed by atoms with E-state index in [0.717, 1.165) is 6.07 Å². The Morgan fingerprint density at radius 2 is 1.89 bits per heavy atom. The predicted octanol–water partition coefficient (Wildman–Crippen LogP) is 0.665. The summed E-state index contributed by atoms with van der Waals surface area (Å²) in [6, 6.07) is 3.68. The number of carbonyl (C=O) groups is 3. The predicted molar refractivity (Wildman–Crippen MR) is 97.1 cm³/mol. The molecule has 27 heavy (non-hydrogen) atoms. The lowest BCUT2D eigenvalue weighted by Crippen LogP contribution is -2.42. The van der Waals surface area contributed by atoms with Crippen molar-refractivity contribution < 1.29 is 32.3 Å². The molecular formula is C16H19BrN2O7S. The summed E-state index contributed by atoms with van der Waals surface area (Å²) in [5.41, 5.74) is -0.0567. The Bertz CT molecular complexity index is 848. The van der Waals surface area contributed by atoms with Gasteiger partial charge >= 0.3 is 11.9 Å². The number of likely N-dealkylation sites (tertiary alicyclic amines) is 1. The maximum Gasteiger partial charge on any atom is 0.339 e. The third-order valence-electron chi connectivity index (χ3n) is 4.20. The number of methoxy groups -OCH3 is 1. The molecule has 1 aliphatic heterocycles. The fourth-order valence-corrected chi connectivity index (χ4v) is 3.61. The average molecular weight is 463 g/mol. The van der Waals surface area contributed by atoms with Crippen molar-refractivity contribution in [3.63, 3.8) is 0 Å². The summed E-state index contributed by atoms with van der Waals surface area (Å²) in [7, 11) is -2.66. The topological polar surface area (TPSA) is 133 Å². The zero-order chi connectivity index (χ0) is 20.2. The standard InChI is InChI=1S/C16H19BrN2O7S/c1-25-15(21)10-4-6-19(7-5-10)14(20)9-26-16(22)12-8-11(27(18,23)24)2-3-13(12)17/h2-3,8,10H,4-7,9H2,1H3,(H2,18,23,24). The zero-order valence-electron chi connectivity index (χ0n) is 14.5. The van der Waals surface area contributed by atoms with Gasteiger partial charge in [-0.25, -0.2) is 18.4 Å². The lowest BCUT2D eigenvalue weighted by molar-refractivity contribution is -0.149. The first-order valence-corrected chi connectivity index (χ1v) is 10.3. The minimum absolute atomic E-state index is 0.0567. The summed E-state index contributed by atoms with van der Waals surface area (Å²) >= 11 is 3.13. The SMILES string of the molecule is COC(=O)C1CCN(C(=O)COC(=O)c2cc(S(N)(=O)=O)ccc2Br)CC1. The van der Waals surface area contributed by atoms with Gasteiger partial charge in [0.15, 0.2) is 6.61 Å². The van der Waals surface area contributed by atoms with E-state index in [-0.39, 0.29) is 22.3 Å². The smallest absolute Gasteiger partial charge is 0.339 e. The Hall–Kier alpha value is -1.98. The molecule has 1 aromatic carbocycles. The van der Waals surface area contributed by atoms with Gasteiger partial charge in [0.05, 0.1) is 23.5 Å². The Balaban J connectivity index is 1.94. The van der Waals surface area contributed by atoms with Gasteiger partial charge in [-0.15, -0.1) is 0 Å². The summed E-state index contributed by atoms with van der Waals surface area (Å²) in [6.07, 6.45) is 0.961. The van der Waals surface area contributed by atoms with E-state index in [1.165, 1.54) is 24.1 Å². The highest BCUT2D eigenvalue weighted by atomic mass is 79.9. The number of rotatable bonds is 5. The third-order valence-corrected chi connectivity index (χ3v) is 5.80. The van der Waals surface area contributed by atoms with E-state index in [4.69, 9.17) is 14.6 Å². The van der Waals surface area contributed by atoms with Crippen molar-refractivity contribution in [3.05, 3.63) is 28.2 Å². The number of nitrogens with zero attached hydrogens (tertiary/aromatic N) is 1. The molecule has 0 spiro atoms. The number of sulfonamides is 1. The molecule has 148 valence electrons. The first kappa shape index (κ1) is 21.3. The molecule has 1 fully saturated rings. The van der Waals surface area contributed by atoms with Crippen molar-refractivity contribution in [1.82, 2.24) is 4.90 Å². The molecule has 1 aliphatic rings. The fourth-order valence-electron chi connectivity index (χ4n) is 2.67. The number of ether oxygens (including phenoxy) is 2. The highest BCUT2D eigenvalue weighted by molar-refractivity contribution is 9.10. The van der Waals surface area contributed by atoms with E-state index in [0.29, 0.717) is 30.4 Å². The van der Waals surface area contributed by atoms with Crippen LogP contribution < -0.4 is 5.14 Å². The Labute approximate surface area is 165 Å². The molecule has 11 heteroatoms.